The summed E-state index contributed by atoms with van der Waals surface area (Å²) in [5.41, 5.74) is -1.15. The molecule has 8 heteroatoms. The molecule has 4 nitrogen and oxygen atoms in total. The van der Waals surface area contributed by atoms with E-state index in [1.807, 2.05) is 6.92 Å². The number of rotatable bonds is 6. The minimum Gasteiger partial charge on any atom is -0.427 e. The number of carbonyl (C=O) groups is 1. The first kappa shape index (κ1) is 20.4. The van der Waals surface area contributed by atoms with Gasteiger partial charge in [0, 0.05) is 6.04 Å². The highest BCUT2D eigenvalue weighted by molar-refractivity contribution is 5.97. The van der Waals surface area contributed by atoms with Gasteiger partial charge in [-0.15, -0.1) is 0 Å². The van der Waals surface area contributed by atoms with Crippen molar-refractivity contribution in [2.45, 2.75) is 69.6 Å². The summed E-state index contributed by atoms with van der Waals surface area (Å²) >= 11 is 0. The molecule has 1 aromatic rings. The van der Waals surface area contributed by atoms with E-state index in [1.54, 1.807) is 0 Å². The van der Waals surface area contributed by atoms with Gasteiger partial charge in [-0.25, -0.2) is 0 Å². The monoisotopic (exact) mass is 415 g/mol. The van der Waals surface area contributed by atoms with Gasteiger partial charge in [-0.1, -0.05) is 12.1 Å². The summed E-state index contributed by atoms with van der Waals surface area (Å²) in [6, 6.07) is 4.85. The van der Waals surface area contributed by atoms with Gasteiger partial charge in [-0.2, -0.15) is 17.6 Å². The van der Waals surface area contributed by atoms with Crippen molar-refractivity contribution in [3.63, 3.8) is 0 Å². The van der Waals surface area contributed by atoms with Crippen LogP contribution in [0.5, 0.6) is 5.75 Å². The highest BCUT2D eigenvalue weighted by Gasteiger charge is 2.59. The number of para-hydroxylation sites is 1. The van der Waals surface area contributed by atoms with Gasteiger partial charge in [0.15, 0.2) is 0 Å². The standard InChI is InChI=1S/C21H25F4NO3/c1-12(19-7-13-6-14(8-19)10-20(28,9-13)11-19)26-17(27)15-4-2-3-5-16(15)29-21(24,25)18(22)23/h2-5,12-14,18,28H,6-11H2,1H3,(H,26,27). The van der Waals surface area contributed by atoms with Gasteiger partial charge in [-0.3, -0.25) is 4.79 Å². The molecule has 0 aromatic heterocycles. The van der Waals surface area contributed by atoms with Crippen molar-refractivity contribution in [1.82, 2.24) is 5.32 Å². The SMILES string of the molecule is CC(NC(=O)c1ccccc1OC(F)(F)C(F)F)C12CC3CC(CC(O)(C3)C1)C2. The number of aliphatic hydroxyl groups is 1. The minimum atomic E-state index is -4.69. The average Bonchev–Trinajstić information content (AvgIpc) is 2.59. The van der Waals surface area contributed by atoms with Crippen LogP contribution < -0.4 is 10.1 Å². The summed E-state index contributed by atoms with van der Waals surface area (Å²) in [7, 11) is 0. The zero-order valence-corrected chi connectivity index (χ0v) is 16.1. The van der Waals surface area contributed by atoms with E-state index in [9.17, 15) is 27.5 Å². The molecule has 29 heavy (non-hydrogen) atoms. The van der Waals surface area contributed by atoms with E-state index in [0.717, 1.165) is 38.2 Å². The zero-order valence-electron chi connectivity index (χ0n) is 16.1. The van der Waals surface area contributed by atoms with E-state index in [1.165, 1.54) is 18.2 Å². The lowest BCUT2D eigenvalue weighted by Gasteiger charge is -2.62. The van der Waals surface area contributed by atoms with Gasteiger partial charge in [0.05, 0.1) is 11.2 Å². The molecule has 5 rings (SSSR count). The molecule has 4 saturated carbocycles. The van der Waals surface area contributed by atoms with Gasteiger partial charge >= 0.3 is 12.5 Å². The van der Waals surface area contributed by atoms with Crippen LogP contribution in [-0.4, -0.2) is 35.2 Å². The lowest BCUT2D eigenvalue weighted by molar-refractivity contribution is -0.253. The summed E-state index contributed by atoms with van der Waals surface area (Å²) in [6.07, 6.45) is -3.57. The summed E-state index contributed by atoms with van der Waals surface area (Å²) in [6.45, 7) is 1.87. The van der Waals surface area contributed by atoms with Crippen LogP contribution in [0.15, 0.2) is 24.3 Å². The highest BCUT2D eigenvalue weighted by atomic mass is 19.3. The lowest BCUT2D eigenvalue weighted by atomic mass is 9.46. The predicted molar refractivity (Wildman–Crippen MR) is 97.0 cm³/mol. The first-order valence-corrected chi connectivity index (χ1v) is 9.99. The van der Waals surface area contributed by atoms with E-state index < -0.39 is 29.8 Å². The van der Waals surface area contributed by atoms with E-state index in [0.29, 0.717) is 18.3 Å². The maximum atomic E-state index is 13.4. The van der Waals surface area contributed by atoms with Crippen molar-refractivity contribution in [2.24, 2.45) is 17.3 Å². The Morgan fingerprint density at radius 2 is 1.83 bits per heavy atom. The smallest absolute Gasteiger partial charge is 0.427 e. The van der Waals surface area contributed by atoms with Crippen molar-refractivity contribution >= 4 is 5.91 Å². The number of carbonyl (C=O) groups excluding carboxylic acids is 1. The van der Waals surface area contributed by atoms with Crippen LogP contribution in [0.3, 0.4) is 0 Å². The van der Waals surface area contributed by atoms with Crippen LogP contribution in [0.2, 0.25) is 0 Å². The molecule has 0 spiro atoms. The second kappa shape index (κ2) is 6.86. The molecule has 0 radical (unpaired) electrons. The molecule has 4 bridgehead atoms. The van der Waals surface area contributed by atoms with E-state index >= 15 is 0 Å². The maximum Gasteiger partial charge on any atom is 0.461 e. The molecule has 3 unspecified atom stereocenters. The molecule has 0 saturated heterocycles. The Morgan fingerprint density at radius 1 is 1.21 bits per heavy atom. The van der Waals surface area contributed by atoms with Crippen molar-refractivity contribution in [3.05, 3.63) is 29.8 Å². The Bertz CT molecular complexity index is 786. The first-order chi connectivity index (χ1) is 13.5. The molecule has 4 fully saturated rings. The largest absolute Gasteiger partial charge is 0.461 e. The van der Waals surface area contributed by atoms with Crippen LogP contribution in [0, 0.1) is 17.3 Å². The van der Waals surface area contributed by atoms with Crippen LogP contribution in [0.4, 0.5) is 17.6 Å². The van der Waals surface area contributed by atoms with Gasteiger partial charge < -0.3 is 15.2 Å². The van der Waals surface area contributed by atoms with Crippen molar-refractivity contribution in [1.29, 1.82) is 0 Å². The van der Waals surface area contributed by atoms with Crippen LogP contribution in [0.25, 0.3) is 0 Å². The molecule has 1 aromatic carbocycles. The second-order valence-corrected chi connectivity index (χ2v) is 9.20. The zero-order chi connectivity index (χ0) is 21.0. The minimum absolute atomic E-state index is 0.219. The molecular formula is C21H25F4NO3. The number of hydrogen-bond donors (Lipinski definition) is 2. The van der Waals surface area contributed by atoms with Crippen molar-refractivity contribution < 1.29 is 32.2 Å². The molecule has 0 heterocycles. The molecule has 160 valence electrons. The number of hydrogen-bond acceptors (Lipinski definition) is 3. The third-order valence-corrected chi connectivity index (χ3v) is 6.97. The number of ether oxygens (including phenoxy) is 1. The quantitative estimate of drug-likeness (QED) is 0.679. The number of alkyl halides is 4. The van der Waals surface area contributed by atoms with Gasteiger partial charge in [0.1, 0.15) is 5.75 Å². The van der Waals surface area contributed by atoms with Crippen LogP contribution in [-0.2, 0) is 0 Å². The van der Waals surface area contributed by atoms with E-state index in [-0.39, 0.29) is 17.0 Å². The number of halogens is 4. The molecule has 4 aliphatic carbocycles. The van der Waals surface area contributed by atoms with Crippen molar-refractivity contribution in [2.75, 3.05) is 0 Å². The van der Waals surface area contributed by atoms with E-state index in [4.69, 9.17) is 0 Å². The van der Waals surface area contributed by atoms with Gasteiger partial charge in [0.25, 0.3) is 5.91 Å². The normalized spacial score (nSPS) is 34.3. The molecule has 2 N–H and O–H groups in total. The lowest BCUT2D eigenvalue weighted by Crippen LogP contribution is -2.61. The molecule has 1 amide bonds. The summed E-state index contributed by atoms with van der Waals surface area (Å²) in [4.78, 5) is 12.8. The number of benzene rings is 1. The third kappa shape index (κ3) is 3.71. The number of nitrogens with one attached hydrogen (secondary N) is 1. The number of amides is 1. The molecule has 3 atom stereocenters. The fourth-order valence-electron chi connectivity index (χ4n) is 6.15. The van der Waals surface area contributed by atoms with Gasteiger partial charge in [-0.05, 0) is 74.8 Å². The Morgan fingerprint density at radius 3 is 2.41 bits per heavy atom. The summed E-state index contributed by atoms with van der Waals surface area (Å²) in [5, 5.41) is 13.8. The fourth-order valence-corrected chi connectivity index (χ4v) is 6.15. The van der Waals surface area contributed by atoms with Crippen molar-refractivity contribution in [3.8, 4) is 5.75 Å². The Balaban J connectivity index is 1.52. The topological polar surface area (TPSA) is 58.6 Å². The predicted octanol–water partition coefficient (Wildman–Crippen LogP) is 4.37. The fraction of sp³-hybridized carbons (Fsp3) is 0.667. The van der Waals surface area contributed by atoms with E-state index in [2.05, 4.69) is 10.1 Å². The molecule has 4 aliphatic rings. The van der Waals surface area contributed by atoms with Gasteiger partial charge in [0.2, 0.25) is 0 Å². The second-order valence-electron chi connectivity index (χ2n) is 9.20. The highest BCUT2D eigenvalue weighted by Crippen LogP contribution is 2.62. The Kier molecular flexibility index (Phi) is 4.83. The third-order valence-electron chi connectivity index (χ3n) is 6.97. The average molecular weight is 415 g/mol. The summed E-state index contributed by atoms with van der Waals surface area (Å²) < 4.78 is 55.9. The summed E-state index contributed by atoms with van der Waals surface area (Å²) in [5.74, 6) is -0.380. The molecule has 0 aliphatic heterocycles. The maximum absolute atomic E-state index is 13.4. The first-order valence-electron chi connectivity index (χ1n) is 9.99. The van der Waals surface area contributed by atoms with Crippen LogP contribution in [0.1, 0.15) is 55.8 Å². The molecular weight excluding hydrogens is 390 g/mol. The Hall–Kier alpha value is -1.83. The Labute approximate surface area is 166 Å². The van der Waals surface area contributed by atoms with Crippen LogP contribution >= 0.6 is 0 Å².